The summed E-state index contributed by atoms with van der Waals surface area (Å²) in [6, 6.07) is 8.27. The van der Waals surface area contributed by atoms with Crippen molar-refractivity contribution in [2.75, 3.05) is 6.61 Å². The zero-order chi connectivity index (χ0) is 13.1. The van der Waals surface area contributed by atoms with Crippen LogP contribution in [0, 0.1) is 0 Å². The van der Waals surface area contributed by atoms with E-state index in [9.17, 15) is 0 Å². The second kappa shape index (κ2) is 5.84. The Bertz CT molecular complexity index is 409. The monoisotopic (exact) mass is 324 g/mol. The molecule has 1 heterocycles. The van der Waals surface area contributed by atoms with Crippen molar-refractivity contribution in [1.82, 2.24) is 0 Å². The van der Waals surface area contributed by atoms with Crippen LogP contribution in [-0.2, 0) is 10.1 Å². The number of hydrogen-bond donors (Lipinski definition) is 0. The Balaban J connectivity index is 1.49. The van der Waals surface area contributed by atoms with Gasteiger partial charge in [0.2, 0.25) is 0 Å². The van der Waals surface area contributed by atoms with E-state index in [-0.39, 0.29) is 11.7 Å². The lowest BCUT2D eigenvalue weighted by Crippen LogP contribution is -2.27. The summed E-state index contributed by atoms with van der Waals surface area (Å²) in [5.74, 6) is 0.945. The lowest BCUT2D eigenvalue weighted by Gasteiger charge is -2.23. The SMILES string of the molecule is BrCc1ccc(OCC2CCC3(CCCC3)O2)cc1. The van der Waals surface area contributed by atoms with E-state index in [0.29, 0.717) is 6.61 Å². The molecule has 1 saturated carbocycles. The second-order valence-electron chi connectivity index (χ2n) is 5.76. The molecule has 1 aromatic rings. The van der Waals surface area contributed by atoms with Gasteiger partial charge in [-0.05, 0) is 43.4 Å². The van der Waals surface area contributed by atoms with E-state index in [2.05, 4.69) is 28.1 Å². The van der Waals surface area contributed by atoms with Crippen molar-refractivity contribution >= 4 is 15.9 Å². The minimum absolute atomic E-state index is 0.216. The van der Waals surface area contributed by atoms with Gasteiger partial charge in [-0.15, -0.1) is 0 Å². The van der Waals surface area contributed by atoms with Gasteiger partial charge in [0.15, 0.2) is 0 Å². The molecule has 104 valence electrons. The summed E-state index contributed by atoms with van der Waals surface area (Å²) in [5, 5.41) is 0.890. The average molecular weight is 325 g/mol. The molecule has 1 aromatic carbocycles. The number of hydrogen-bond acceptors (Lipinski definition) is 2. The van der Waals surface area contributed by atoms with Crippen LogP contribution in [0.2, 0.25) is 0 Å². The van der Waals surface area contributed by atoms with Crippen molar-refractivity contribution in [1.29, 1.82) is 0 Å². The van der Waals surface area contributed by atoms with E-state index >= 15 is 0 Å². The maximum atomic E-state index is 6.24. The van der Waals surface area contributed by atoms with Gasteiger partial charge >= 0.3 is 0 Å². The predicted molar refractivity (Wildman–Crippen MR) is 79.9 cm³/mol. The highest BCUT2D eigenvalue weighted by Crippen LogP contribution is 2.43. The molecule has 1 spiro atoms. The summed E-state index contributed by atoms with van der Waals surface area (Å²) < 4.78 is 12.1. The van der Waals surface area contributed by atoms with Crippen molar-refractivity contribution < 1.29 is 9.47 Å². The van der Waals surface area contributed by atoms with Gasteiger partial charge in [-0.3, -0.25) is 0 Å². The van der Waals surface area contributed by atoms with Crippen molar-refractivity contribution in [2.24, 2.45) is 0 Å². The van der Waals surface area contributed by atoms with Crippen molar-refractivity contribution in [3.05, 3.63) is 29.8 Å². The van der Waals surface area contributed by atoms with E-state index in [1.807, 2.05) is 12.1 Å². The smallest absolute Gasteiger partial charge is 0.119 e. The van der Waals surface area contributed by atoms with Crippen molar-refractivity contribution in [3.8, 4) is 5.75 Å². The molecular weight excluding hydrogens is 304 g/mol. The van der Waals surface area contributed by atoms with E-state index in [1.54, 1.807) is 0 Å². The van der Waals surface area contributed by atoms with Crippen LogP contribution in [0.3, 0.4) is 0 Å². The normalized spacial score (nSPS) is 25.0. The van der Waals surface area contributed by atoms with Crippen LogP contribution in [-0.4, -0.2) is 18.3 Å². The third-order valence-electron chi connectivity index (χ3n) is 4.37. The fraction of sp³-hybridized carbons (Fsp3) is 0.625. The van der Waals surface area contributed by atoms with Gasteiger partial charge in [-0.1, -0.05) is 40.9 Å². The number of ether oxygens (including phenoxy) is 2. The van der Waals surface area contributed by atoms with Crippen LogP contribution in [0.1, 0.15) is 44.1 Å². The van der Waals surface area contributed by atoms with Gasteiger partial charge < -0.3 is 9.47 Å². The van der Waals surface area contributed by atoms with Crippen LogP contribution >= 0.6 is 15.9 Å². The van der Waals surface area contributed by atoms with Crippen molar-refractivity contribution in [2.45, 2.75) is 55.6 Å². The first-order chi connectivity index (χ1) is 9.30. The van der Waals surface area contributed by atoms with E-state index < -0.39 is 0 Å². The molecule has 0 N–H and O–H groups in total. The summed E-state index contributed by atoms with van der Waals surface area (Å²) in [4.78, 5) is 0. The molecule has 1 aliphatic heterocycles. The first-order valence-corrected chi connectivity index (χ1v) is 8.37. The maximum absolute atomic E-state index is 6.24. The quantitative estimate of drug-likeness (QED) is 0.761. The number of benzene rings is 1. The molecule has 0 aromatic heterocycles. The van der Waals surface area contributed by atoms with Crippen LogP contribution in [0.5, 0.6) is 5.75 Å². The Morgan fingerprint density at radius 2 is 1.89 bits per heavy atom. The zero-order valence-electron chi connectivity index (χ0n) is 11.2. The Hall–Kier alpha value is -0.540. The van der Waals surface area contributed by atoms with E-state index in [4.69, 9.17) is 9.47 Å². The Morgan fingerprint density at radius 3 is 2.58 bits per heavy atom. The molecule has 0 bridgehead atoms. The molecule has 3 heteroatoms. The van der Waals surface area contributed by atoms with Crippen molar-refractivity contribution in [3.63, 3.8) is 0 Å². The molecule has 0 amide bonds. The lowest BCUT2D eigenvalue weighted by molar-refractivity contribution is -0.0508. The molecule has 19 heavy (non-hydrogen) atoms. The predicted octanol–water partition coefficient (Wildman–Crippen LogP) is 4.45. The molecule has 1 unspecified atom stereocenters. The molecule has 1 aliphatic carbocycles. The average Bonchev–Trinajstić information content (AvgIpc) is 3.08. The summed E-state index contributed by atoms with van der Waals surface area (Å²) in [7, 11) is 0. The van der Waals surface area contributed by atoms with Gasteiger partial charge in [-0.25, -0.2) is 0 Å². The van der Waals surface area contributed by atoms with Gasteiger partial charge in [0.05, 0.1) is 11.7 Å². The summed E-state index contributed by atoms with van der Waals surface area (Å²) in [5.41, 5.74) is 1.49. The minimum Gasteiger partial charge on any atom is -0.491 e. The van der Waals surface area contributed by atoms with Crippen LogP contribution in [0.4, 0.5) is 0 Å². The Morgan fingerprint density at radius 1 is 1.16 bits per heavy atom. The highest BCUT2D eigenvalue weighted by molar-refractivity contribution is 9.08. The highest BCUT2D eigenvalue weighted by Gasteiger charge is 2.42. The maximum Gasteiger partial charge on any atom is 0.119 e. The molecule has 2 fully saturated rings. The molecule has 2 aliphatic rings. The van der Waals surface area contributed by atoms with E-state index in [0.717, 1.165) is 17.5 Å². The third kappa shape index (κ3) is 3.14. The van der Waals surface area contributed by atoms with Crippen LogP contribution < -0.4 is 4.74 Å². The minimum atomic E-state index is 0.216. The highest BCUT2D eigenvalue weighted by atomic mass is 79.9. The fourth-order valence-electron chi connectivity index (χ4n) is 3.26. The number of halogens is 1. The van der Waals surface area contributed by atoms with Crippen LogP contribution in [0.25, 0.3) is 0 Å². The first kappa shape index (κ1) is 13.4. The molecule has 0 radical (unpaired) electrons. The molecule has 3 rings (SSSR count). The van der Waals surface area contributed by atoms with Gasteiger partial charge in [-0.2, -0.15) is 0 Å². The fourth-order valence-corrected chi connectivity index (χ4v) is 3.64. The second-order valence-corrected chi connectivity index (χ2v) is 6.32. The number of rotatable bonds is 4. The molecule has 1 atom stereocenters. The third-order valence-corrected chi connectivity index (χ3v) is 5.01. The number of alkyl halides is 1. The topological polar surface area (TPSA) is 18.5 Å². The lowest BCUT2D eigenvalue weighted by atomic mass is 9.98. The first-order valence-electron chi connectivity index (χ1n) is 7.25. The summed E-state index contributed by atoms with van der Waals surface area (Å²) >= 11 is 3.45. The zero-order valence-corrected chi connectivity index (χ0v) is 12.8. The van der Waals surface area contributed by atoms with Gasteiger partial charge in [0.1, 0.15) is 12.4 Å². The molecule has 1 saturated heterocycles. The molecular formula is C16H21BrO2. The van der Waals surface area contributed by atoms with E-state index in [1.165, 1.54) is 37.7 Å². The Kier molecular flexibility index (Phi) is 4.13. The Labute approximate surface area is 123 Å². The van der Waals surface area contributed by atoms with Gasteiger partial charge in [0.25, 0.3) is 0 Å². The van der Waals surface area contributed by atoms with Gasteiger partial charge in [0, 0.05) is 5.33 Å². The standard InChI is InChI=1S/C16H21BrO2/c17-11-13-3-5-14(6-4-13)18-12-15-7-10-16(19-15)8-1-2-9-16/h3-6,15H,1-2,7-12H2. The molecule has 2 nitrogen and oxygen atoms in total. The van der Waals surface area contributed by atoms with Crippen LogP contribution in [0.15, 0.2) is 24.3 Å². The summed E-state index contributed by atoms with van der Waals surface area (Å²) in [6.07, 6.45) is 7.84. The largest absolute Gasteiger partial charge is 0.491 e. The summed E-state index contributed by atoms with van der Waals surface area (Å²) in [6.45, 7) is 0.690.